The number of Topliss-reactive ketones (excluding diaryl/α,β-unsaturated/α-hetero) is 1. The van der Waals surface area contributed by atoms with Gasteiger partial charge in [-0.3, -0.25) is 14.4 Å². The minimum absolute atomic E-state index is 0.00690. The van der Waals surface area contributed by atoms with Crippen LogP contribution in [0.5, 0.6) is 0 Å². The van der Waals surface area contributed by atoms with Crippen molar-refractivity contribution in [3.63, 3.8) is 0 Å². The molecule has 0 unspecified atom stereocenters. The third kappa shape index (κ3) is 4.56. The van der Waals surface area contributed by atoms with Gasteiger partial charge in [0.15, 0.2) is 24.0 Å². The first kappa shape index (κ1) is 21.6. The van der Waals surface area contributed by atoms with E-state index in [1.165, 1.54) is 0 Å². The summed E-state index contributed by atoms with van der Waals surface area (Å²) in [6.07, 6.45) is 0.906. The number of hydrogen-bond donors (Lipinski definition) is 0. The maximum absolute atomic E-state index is 13.3. The first-order chi connectivity index (χ1) is 14.3. The predicted octanol–water partition coefficient (Wildman–Crippen LogP) is 4.26. The largest absolute Gasteiger partial charge is 0.457 e. The quantitative estimate of drug-likeness (QED) is 0.501. The number of carbonyl (C=O) groups excluding carboxylic acids is 3. The number of anilines is 1. The molecule has 1 amide bonds. The summed E-state index contributed by atoms with van der Waals surface area (Å²) in [5.41, 5.74) is 1.73. The van der Waals surface area contributed by atoms with Crippen molar-refractivity contribution < 1.29 is 27.9 Å². The van der Waals surface area contributed by atoms with Crippen molar-refractivity contribution in [2.24, 2.45) is 5.92 Å². The van der Waals surface area contributed by atoms with E-state index in [1.807, 2.05) is 24.3 Å². The summed E-state index contributed by atoms with van der Waals surface area (Å²) in [4.78, 5) is 38.6. The van der Waals surface area contributed by atoms with Crippen LogP contribution in [0, 0.1) is 17.6 Å². The molecule has 1 fully saturated rings. The zero-order chi connectivity index (χ0) is 21.8. The molecule has 30 heavy (non-hydrogen) atoms. The number of nitrogens with zero attached hydrogens (tertiary/aromatic N) is 1. The SMILES string of the molecule is CC[C@H](C)c1ccccc1N1C[C@@H](C(=O)OCC(=O)c2ccc(F)c(F)c2)CC1=O. The molecule has 0 aromatic heterocycles. The highest BCUT2D eigenvalue weighted by molar-refractivity contribution is 6.01. The predicted molar refractivity (Wildman–Crippen MR) is 107 cm³/mol. The third-order valence-electron chi connectivity index (χ3n) is 5.42. The molecule has 1 saturated heterocycles. The van der Waals surface area contributed by atoms with Gasteiger partial charge in [0.25, 0.3) is 0 Å². The highest BCUT2D eigenvalue weighted by Gasteiger charge is 2.37. The Labute approximate surface area is 173 Å². The van der Waals surface area contributed by atoms with Crippen LogP contribution >= 0.6 is 0 Å². The van der Waals surface area contributed by atoms with E-state index < -0.39 is 35.9 Å². The number of halogens is 2. The number of hydrogen-bond acceptors (Lipinski definition) is 4. The average molecular weight is 415 g/mol. The van der Waals surface area contributed by atoms with Crippen molar-refractivity contribution >= 4 is 23.3 Å². The van der Waals surface area contributed by atoms with Crippen LogP contribution in [-0.2, 0) is 14.3 Å². The Morgan fingerprint density at radius 1 is 1.17 bits per heavy atom. The van der Waals surface area contributed by atoms with Crippen LogP contribution in [0.15, 0.2) is 42.5 Å². The van der Waals surface area contributed by atoms with Gasteiger partial charge in [0, 0.05) is 24.2 Å². The number of para-hydroxylation sites is 1. The molecule has 0 saturated carbocycles. The molecule has 0 N–H and O–H groups in total. The van der Waals surface area contributed by atoms with E-state index in [2.05, 4.69) is 13.8 Å². The van der Waals surface area contributed by atoms with Crippen LogP contribution in [0.3, 0.4) is 0 Å². The fourth-order valence-corrected chi connectivity index (χ4v) is 3.48. The second-order valence-corrected chi connectivity index (χ2v) is 7.43. The maximum Gasteiger partial charge on any atom is 0.311 e. The summed E-state index contributed by atoms with van der Waals surface area (Å²) in [5.74, 6) is -4.14. The normalized spacial score (nSPS) is 17.1. The lowest BCUT2D eigenvalue weighted by molar-refractivity contribution is -0.147. The van der Waals surface area contributed by atoms with E-state index >= 15 is 0 Å². The minimum Gasteiger partial charge on any atom is -0.457 e. The van der Waals surface area contributed by atoms with Crippen molar-refractivity contribution in [1.29, 1.82) is 0 Å². The van der Waals surface area contributed by atoms with E-state index in [0.717, 1.165) is 35.9 Å². The van der Waals surface area contributed by atoms with E-state index in [4.69, 9.17) is 4.74 Å². The molecule has 2 aromatic carbocycles. The topological polar surface area (TPSA) is 63.7 Å². The van der Waals surface area contributed by atoms with Gasteiger partial charge in [-0.1, -0.05) is 32.0 Å². The summed E-state index contributed by atoms with van der Waals surface area (Å²) in [6, 6.07) is 10.3. The summed E-state index contributed by atoms with van der Waals surface area (Å²) >= 11 is 0. The average Bonchev–Trinajstić information content (AvgIpc) is 3.14. The fourth-order valence-electron chi connectivity index (χ4n) is 3.48. The first-order valence-corrected chi connectivity index (χ1v) is 9.86. The summed E-state index contributed by atoms with van der Waals surface area (Å²) in [6.45, 7) is 3.72. The van der Waals surface area contributed by atoms with Crippen molar-refractivity contribution in [2.75, 3.05) is 18.1 Å². The maximum atomic E-state index is 13.3. The van der Waals surface area contributed by atoms with Gasteiger partial charge >= 0.3 is 5.97 Å². The van der Waals surface area contributed by atoms with Crippen molar-refractivity contribution in [3.05, 3.63) is 65.2 Å². The number of amides is 1. The molecule has 5 nitrogen and oxygen atoms in total. The highest BCUT2D eigenvalue weighted by Crippen LogP contribution is 2.33. The standard InChI is InChI=1S/C23H23F2NO4/c1-3-14(2)17-6-4-5-7-20(17)26-12-16(11-22(26)28)23(29)30-13-21(27)15-8-9-18(24)19(25)10-15/h4-10,14,16H,3,11-13H2,1-2H3/t14-,16-/m0/s1. The second-order valence-electron chi connectivity index (χ2n) is 7.43. The zero-order valence-electron chi connectivity index (χ0n) is 16.9. The molecule has 2 atom stereocenters. The van der Waals surface area contributed by atoms with Crippen molar-refractivity contribution in [2.45, 2.75) is 32.6 Å². The molecular weight excluding hydrogens is 392 g/mol. The van der Waals surface area contributed by atoms with Gasteiger partial charge < -0.3 is 9.64 Å². The lowest BCUT2D eigenvalue weighted by Crippen LogP contribution is -2.28. The molecule has 0 aliphatic carbocycles. The molecule has 0 spiro atoms. The lowest BCUT2D eigenvalue weighted by Gasteiger charge is -2.23. The smallest absolute Gasteiger partial charge is 0.311 e. The second kappa shape index (κ2) is 9.15. The number of carbonyl (C=O) groups is 3. The minimum atomic E-state index is -1.15. The summed E-state index contributed by atoms with van der Waals surface area (Å²) < 4.78 is 31.3. The number of ketones is 1. The Kier molecular flexibility index (Phi) is 6.59. The highest BCUT2D eigenvalue weighted by atomic mass is 19.2. The van der Waals surface area contributed by atoms with Gasteiger partial charge in [-0.2, -0.15) is 0 Å². The molecule has 158 valence electrons. The monoisotopic (exact) mass is 415 g/mol. The van der Waals surface area contributed by atoms with Gasteiger partial charge in [-0.25, -0.2) is 8.78 Å². The van der Waals surface area contributed by atoms with Gasteiger partial charge in [0.1, 0.15) is 0 Å². The first-order valence-electron chi connectivity index (χ1n) is 9.86. The number of esters is 1. The molecular formula is C23H23F2NO4. The van der Waals surface area contributed by atoms with E-state index in [1.54, 1.807) is 4.90 Å². The number of benzene rings is 2. The van der Waals surface area contributed by atoms with E-state index in [-0.39, 0.29) is 30.4 Å². The molecule has 3 rings (SSSR count). The van der Waals surface area contributed by atoms with Gasteiger partial charge in [0.05, 0.1) is 5.92 Å². The Morgan fingerprint density at radius 3 is 2.60 bits per heavy atom. The zero-order valence-corrected chi connectivity index (χ0v) is 16.9. The van der Waals surface area contributed by atoms with Gasteiger partial charge in [0.2, 0.25) is 5.91 Å². The fraction of sp³-hybridized carbons (Fsp3) is 0.348. The third-order valence-corrected chi connectivity index (χ3v) is 5.42. The molecule has 0 radical (unpaired) electrons. The Morgan fingerprint density at radius 2 is 1.90 bits per heavy atom. The number of ether oxygens (including phenoxy) is 1. The van der Waals surface area contributed by atoms with Crippen LogP contribution in [0.1, 0.15) is 48.5 Å². The van der Waals surface area contributed by atoms with Crippen molar-refractivity contribution in [3.8, 4) is 0 Å². The molecule has 0 bridgehead atoms. The molecule has 1 aliphatic heterocycles. The van der Waals surface area contributed by atoms with E-state index in [0.29, 0.717) is 0 Å². The number of rotatable bonds is 7. The Bertz CT molecular complexity index is 975. The molecule has 1 heterocycles. The summed E-state index contributed by atoms with van der Waals surface area (Å²) in [5, 5.41) is 0. The Hall–Kier alpha value is -3.09. The van der Waals surface area contributed by atoms with Crippen LogP contribution in [0.4, 0.5) is 14.5 Å². The summed E-state index contributed by atoms with van der Waals surface area (Å²) in [7, 11) is 0. The van der Waals surface area contributed by atoms with Gasteiger partial charge in [-0.15, -0.1) is 0 Å². The van der Waals surface area contributed by atoms with E-state index in [9.17, 15) is 23.2 Å². The van der Waals surface area contributed by atoms with Gasteiger partial charge in [-0.05, 0) is 42.2 Å². The van der Waals surface area contributed by atoms with Crippen LogP contribution in [-0.4, -0.2) is 30.8 Å². The lowest BCUT2D eigenvalue weighted by atomic mass is 9.96. The Balaban J connectivity index is 1.64. The van der Waals surface area contributed by atoms with Crippen LogP contribution < -0.4 is 4.90 Å². The van der Waals surface area contributed by atoms with Crippen LogP contribution in [0.25, 0.3) is 0 Å². The molecule has 2 aromatic rings. The van der Waals surface area contributed by atoms with Crippen LogP contribution in [0.2, 0.25) is 0 Å². The van der Waals surface area contributed by atoms with Crippen molar-refractivity contribution in [1.82, 2.24) is 0 Å². The molecule has 1 aliphatic rings. The molecule has 7 heteroatoms.